The lowest BCUT2D eigenvalue weighted by Gasteiger charge is -2.35. The first kappa shape index (κ1) is 28.8. The number of ether oxygens (including phenoxy) is 4. The molecule has 0 N–H and O–H groups in total. The molecule has 0 amide bonds. The molecule has 0 bridgehead atoms. The number of aromatic nitrogens is 1. The third-order valence-electron chi connectivity index (χ3n) is 7.53. The highest BCUT2D eigenvalue weighted by molar-refractivity contribution is 5.91. The summed E-state index contributed by atoms with van der Waals surface area (Å²) < 4.78 is 23.1. The Bertz CT molecular complexity index is 1660. The second-order valence-electron chi connectivity index (χ2n) is 10.0. The normalized spacial score (nSPS) is 16.5. The van der Waals surface area contributed by atoms with Crippen molar-refractivity contribution in [3.63, 3.8) is 0 Å². The average Bonchev–Trinajstić information content (AvgIpc) is 3.34. The Hall–Kier alpha value is -4.67. The molecule has 2 aromatic carbocycles. The quantitative estimate of drug-likeness (QED) is 0.0605. The number of pyridine rings is 1. The number of rotatable bonds is 12. The van der Waals surface area contributed by atoms with Crippen LogP contribution in [0, 0.1) is 0 Å². The van der Waals surface area contributed by atoms with E-state index in [0.29, 0.717) is 17.8 Å². The van der Waals surface area contributed by atoms with Crippen molar-refractivity contribution in [2.24, 2.45) is 5.11 Å². The van der Waals surface area contributed by atoms with E-state index in [1.807, 2.05) is 30.3 Å². The molecular formula is C30H30N4O8. The number of carbonyl (C=O) groups excluding carboxylic acids is 3. The van der Waals surface area contributed by atoms with Crippen LogP contribution >= 0.6 is 0 Å². The van der Waals surface area contributed by atoms with Crippen LogP contribution in [0.15, 0.2) is 52.4 Å². The van der Waals surface area contributed by atoms with Gasteiger partial charge in [0.15, 0.2) is 0 Å². The van der Waals surface area contributed by atoms with E-state index in [1.54, 1.807) is 17.6 Å². The lowest BCUT2D eigenvalue weighted by atomic mass is 9.85. The minimum absolute atomic E-state index is 0.0277. The van der Waals surface area contributed by atoms with Crippen LogP contribution in [0.4, 0.5) is 0 Å². The number of nitrogens with zero attached hydrogens (tertiary/aromatic N) is 4. The zero-order chi connectivity index (χ0) is 29.7. The van der Waals surface area contributed by atoms with E-state index in [0.717, 1.165) is 21.9 Å². The minimum Gasteiger partial charge on any atom is -0.463 e. The Morgan fingerprint density at radius 2 is 1.83 bits per heavy atom. The molecule has 12 nitrogen and oxygen atoms in total. The zero-order valence-electron chi connectivity index (χ0n) is 23.2. The predicted octanol–water partition coefficient (Wildman–Crippen LogP) is 4.28. The molecule has 3 aromatic rings. The number of azide groups is 1. The molecule has 42 heavy (non-hydrogen) atoms. The maximum atomic E-state index is 13.6. The van der Waals surface area contributed by atoms with Gasteiger partial charge in [-0.25, -0.2) is 4.79 Å². The van der Waals surface area contributed by atoms with Crippen LogP contribution < -0.4 is 5.56 Å². The van der Waals surface area contributed by atoms with Crippen molar-refractivity contribution in [3.8, 4) is 11.3 Å². The second-order valence-corrected chi connectivity index (χ2v) is 10.0. The summed E-state index contributed by atoms with van der Waals surface area (Å²) in [6.07, 6.45) is 0.0403. The molecule has 0 unspecified atom stereocenters. The highest BCUT2D eigenvalue weighted by atomic mass is 16.6. The number of fused-ring (bicyclic) bond motifs is 5. The summed E-state index contributed by atoms with van der Waals surface area (Å²) in [4.78, 5) is 54.4. The molecule has 12 heteroatoms. The van der Waals surface area contributed by atoms with E-state index in [1.165, 1.54) is 0 Å². The van der Waals surface area contributed by atoms with Crippen LogP contribution in [0.3, 0.4) is 0 Å². The highest BCUT2D eigenvalue weighted by Crippen LogP contribution is 2.41. The van der Waals surface area contributed by atoms with Crippen LogP contribution in [-0.4, -0.2) is 48.8 Å². The van der Waals surface area contributed by atoms with Gasteiger partial charge >= 0.3 is 17.9 Å². The van der Waals surface area contributed by atoms with Gasteiger partial charge in [-0.1, -0.05) is 36.3 Å². The summed E-state index contributed by atoms with van der Waals surface area (Å²) in [5.74, 6) is -1.93. The Kier molecular flexibility index (Phi) is 8.56. The first-order valence-corrected chi connectivity index (χ1v) is 13.8. The van der Waals surface area contributed by atoms with Crippen LogP contribution in [0.5, 0.6) is 0 Å². The molecule has 0 fully saturated rings. The molecule has 2 aliphatic rings. The van der Waals surface area contributed by atoms with Gasteiger partial charge < -0.3 is 23.5 Å². The number of esters is 3. The van der Waals surface area contributed by atoms with Crippen LogP contribution in [-0.2, 0) is 52.1 Å². The zero-order valence-corrected chi connectivity index (χ0v) is 23.2. The number of hydrogen-bond acceptors (Lipinski definition) is 9. The molecule has 1 atom stereocenters. The summed E-state index contributed by atoms with van der Waals surface area (Å²) in [7, 11) is 0. The molecular weight excluding hydrogens is 544 g/mol. The fourth-order valence-electron chi connectivity index (χ4n) is 5.43. The van der Waals surface area contributed by atoms with Crippen LogP contribution in [0.2, 0.25) is 0 Å². The van der Waals surface area contributed by atoms with Crippen molar-refractivity contribution in [3.05, 3.63) is 80.0 Å². The summed E-state index contributed by atoms with van der Waals surface area (Å²) in [5, 5.41) is 5.42. The van der Waals surface area contributed by atoms with Gasteiger partial charge in [0.2, 0.25) is 5.60 Å². The summed E-state index contributed by atoms with van der Waals surface area (Å²) in [6.45, 7) is 2.47. The van der Waals surface area contributed by atoms with Gasteiger partial charge in [0.1, 0.15) is 13.2 Å². The lowest BCUT2D eigenvalue weighted by Crippen LogP contribution is -2.47. The van der Waals surface area contributed by atoms with Gasteiger partial charge in [0, 0.05) is 35.4 Å². The SMILES string of the molecule is CC[C@@]1(OC(=O)CCCC(=O)OCCOCCN=[N+]=[N-])C(=O)OCc2c1cc1n(c2=O)Cc2cc3ccccc3cc2-1. The van der Waals surface area contributed by atoms with E-state index >= 15 is 0 Å². The Labute approximate surface area is 240 Å². The molecule has 0 saturated heterocycles. The van der Waals surface area contributed by atoms with Crippen molar-refractivity contribution < 1.29 is 33.3 Å². The van der Waals surface area contributed by atoms with Crippen LogP contribution in [0.25, 0.3) is 32.5 Å². The van der Waals surface area contributed by atoms with Crippen molar-refractivity contribution >= 4 is 28.7 Å². The molecule has 0 radical (unpaired) electrons. The fourth-order valence-corrected chi connectivity index (χ4v) is 5.43. The Balaban J connectivity index is 1.29. The number of cyclic esters (lactones) is 1. The van der Waals surface area contributed by atoms with Gasteiger partial charge in [-0.3, -0.25) is 14.4 Å². The smallest absolute Gasteiger partial charge is 0.355 e. The number of benzene rings is 2. The number of hydrogen-bond donors (Lipinski definition) is 0. The monoisotopic (exact) mass is 574 g/mol. The second kappa shape index (κ2) is 12.5. The van der Waals surface area contributed by atoms with Gasteiger partial charge in [-0.15, -0.1) is 0 Å². The summed E-state index contributed by atoms with van der Waals surface area (Å²) in [6, 6.07) is 13.8. The standard InChI is InChI=1S/C30H30N4O8/c1-2-30(42-27(36)9-5-8-26(35)40-13-12-39-11-10-32-33-31)24-16-25-22-15-20-7-4-3-6-19(20)14-21(22)17-34(25)28(37)23(24)18-41-29(30)38/h3-4,6-7,14-16H,2,5,8-13,17-18H2,1H3/t30-/m0/s1. The lowest BCUT2D eigenvalue weighted by molar-refractivity contribution is -0.189. The molecule has 1 aromatic heterocycles. The molecule has 218 valence electrons. The summed E-state index contributed by atoms with van der Waals surface area (Å²) in [5.41, 5.74) is 9.33. The van der Waals surface area contributed by atoms with Crippen molar-refractivity contribution in [1.29, 1.82) is 0 Å². The first-order chi connectivity index (χ1) is 20.4. The largest absolute Gasteiger partial charge is 0.463 e. The van der Waals surface area contributed by atoms with Crippen molar-refractivity contribution in [1.82, 2.24) is 4.57 Å². The molecule has 0 spiro atoms. The Morgan fingerprint density at radius 1 is 1.07 bits per heavy atom. The number of carbonyl (C=O) groups is 3. The van der Waals surface area contributed by atoms with Gasteiger partial charge in [-0.2, -0.15) is 0 Å². The van der Waals surface area contributed by atoms with E-state index in [-0.39, 0.29) is 69.8 Å². The molecule has 5 rings (SSSR count). The van der Waals surface area contributed by atoms with Gasteiger partial charge in [0.05, 0.1) is 31.0 Å². The van der Waals surface area contributed by atoms with Gasteiger partial charge in [-0.05, 0) is 52.9 Å². The van der Waals surface area contributed by atoms with Crippen molar-refractivity contribution in [2.75, 3.05) is 26.4 Å². The van der Waals surface area contributed by atoms with Gasteiger partial charge in [0.25, 0.3) is 5.56 Å². The molecule has 0 aliphatic carbocycles. The third-order valence-corrected chi connectivity index (χ3v) is 7.53. The topological polar surface area (TPSA) is 159 Å². The molecule has 0 saturated carbocycles. The minimum atomic E-state index is -1.77. The predicted molar refractivity (Wildman–Crippen MR) is 150 cm³/mol. The molecule has 2 aliphatic heterocycles. The molecule has 3 heterocycles. The van der Waals surface area contributed by atoms with E-state index in [2.05, 4.69) is 16.1 Å². The van der Waals surface area contributed by atoms with E-state index in [4.69, 9.17) is 24.5 Å². The van der Waals surface area contributed by atoms with E-state index < -0.39 is 23.5 Å². The van der Waals surface area contributed by atoms with Crippen LogP contribution in [0.1, 0.15) is 49.3 Å². The fraction of sp³-hybridized carbons (Fsp3) is 0.400. The third kappa shape index (κ3) is 5.59. The maximum Gasteiger partial charge on any atom is 0.355 e. The highest BCUT2D eigenvalue weighted by Gasteiger charge is 2.50. The van der Waals surface area contributed by atoms with E-state index in [9.17, 15) is 19.2 Å². The van der Waals surface area contributed by atoms with Crippen molar-refractivity contribution in [2.45, 2.75) is 51.4 Å². The average molecular weight is 575 g/mol. The maximum absolute atomic E-state index is 13.6. The first-order valence-electron chi connectivity index (χ1n) is 13.8. The Morgan fingerprint density at radius 3 is 2.60 bits per heavy atom. The summed E-state index contributed by atoms with van der Waals surface area (Å²) >= 11 is 0.